The number of benzene rings is 1. The van der Waals surface area contributed by atoms with E-state index in [0.717, 1.165) is 31.4 Å². The van der Waals surface area contributed by atoms with Crippen molar-refractivity contribution in [2.24, 2.45) is 0 Å². The Kier molecular flexibility index (Phi) is 4.19. The van der Waals surface area contributed by atoms with Gasteiger partial charge in [-0.3, -0.25) is 4.98 Å². The first-order chi connectivity index (χ1) is 8.80. The molecular weight excluding hydrogens is 222 g/mol. The molecule has 0 radical (unpaired) electrons. The third-order valence-electron chi connectivity index (χ3n) is 3.28. The Morgan fingerprint density at radius 3 is 2.56 bits per heavy atom. The lowest BCUT2D eigenvalue weighted by molar-refractivity contribution is 0.415. The number of pyridine rings is 1. The molecule has 0 aliphatic heterocycles. The zero-order chi connectivity index (χ0) is 13.0. The third kappa shape index (κ3) is 2.47. The Bertz CT molecular complexity index is 534. The Hall–Kier alpha value is -1.57. The maximum Gasteiger partial charge on any atom is 0.119 e. The van der Waals surface area contributed by atoms with E-state index >= 15 is 0 Å². The second kappa shape index (κ2) is 5.85. The second-order valence-electron chi connectivity index (χ2n) is 4.64. The van der Waals surface area contributed by atoms with E-state index < -0.39 is 0 Å². The van der Waals surface area contributed by atoms with Gasteiger partial charge in [0.2, 0.25) is 0 Å². The number of rotatable bonds is 5. The number of nitrogens with zero attached hydrogens (tertiary/aromatic N) is 1. The van der Waals surface area contributed by atoms with Gasteiger partial charge in [0.1, 0.15) is 5.75 Å². The van der Waals surface area contributed by atoms with Crippen LogP contribution in [-0.4, -0.2) is 12.1 Å². The summed E-state index contributed by atoms with van der Waals surface area (Å²) in [6.07, 6.45) is 6.44. The minimum Gasteiger partial charge on any atom is -0.497 e. The van der Waals surface area contributed by atoms with Crippen LogP contribution in [0.5, 0.6) is 5.75 Å². The van der Waals surface area contributed by atoms with E-state index in [-0.39, 0.29) is 0 Å². The second-order valence-corrected chi connectivity index (χ2v) is 4.64. The average molecular weight is 243 g/mol. The van der Waals surface area contributed by atoms with Gasteiger partial charge in [0, 0.05) is 17.3 Å². The van der Waals surface area contributed by atoms with Gasteiger partial charge in [-0.15, -0.1) is 0 Å². The zero-order valence-electron chi connectivity index (χ0n) is 11.5. The number of fused-ring (bicyclic) bond motifs is 1. The van der Waals surface area contributed by atoms with Crippen LogP contribution in [0, 0.1) is 0 Å². The standard InChI is InChI=1S/C16H21NO/c1-4-6-15-14-9-8-13(18-3)10-12(14)11-17-16(15)7-5-2/h8-11H,4-7H2,1-3H3. The molecule has 0 atom stereocenters. The molecule has 2 rings (SSSR count). The molecule has 1 heterocycles. The third-order valence-corrected chi connectivity index (χ3v) is 3.28. The predicted octanol–water partition coefficient (Wildman–Crippen LogP) is 4.15. The normalized spacial score (nSPS) is 10.8. The van der Waals surface area contributed by atoms with Gasteiger partial charge in [0.05, 0.1) is 7.11 Å². The fraction of sp³-hybridized carbons (Fsp3) is 0.438. The minimum absolute atomic E-state index is 0.898. The van der Waals surface area contributed by atoms with Crippen molar-refractivity contribution in [1.29, 1.82) is 0 Å². The summed E-state index contributed by atoms with van der Waals surface area (Å²) in [6, 6.07) is 6.27. The van der Waals surface area contributed by atoms with Crippen LogP contribution in [-0.2, 0) is 12.8 Å². The number of methoxy groups -OCH3 is 1. The van der Waals surface area contributed by atoms with Crippen molar-refractivity contribution >= 4 is 10.8 Å². The van der Waals surface area contributed by atoms with Crippen molar-refractivity contribution in [3.63, 3.8) is 0 Å². The number of hydrogen-bond acceptors (Lipinski definition) is 2. The first-order valence-corrected chi connectivity index (χ1v) is 6.74. The van der Waals surface area contributed by atoms with Crippen LogP contribution in [0.4, 0.5) is 0 Å². The molecule has 0 spiro atoms. The number of aryl methyl sites for hydroxylation is 2. The van der Waals surface area contributed by atoms with Gasteiger partial charge in [-0.25, -0.2) is 0 Å². The molecule has 2 heteroatoms. The molecule has 96 valence electrons. The Labute approximate surface area is 109 Å². The first kappa shape index (κ1) is 12.9. The molecular formula is C16H21NO. The van der Waals surface area contributed by atoms with Gasteiger partial charge in [-0.05, 0) is 35.9 Å². The van der Waals surface area contributed by atoms with Crippen LogP contribution in [0.3, 0.4) is 0 Å². The molecule has 0 N–H and O–H groups in total. The molecule has 0 unspecified atom stereocenters. The largest absolute Gasteiger partial charge is 0.497 e. The molecule has 1 aromatic carbocycles. The van der Waals surface area contributed by atoms with Crippen molar-refractivity contribution in [2.45, 2.75) is 39.5 Å². The summed E-state index contributed by atoms with van der Waals surface area (Å²) in [6.45, 7) is 4.42. The fourth-order valence-corrected chi connectivity index (χ4v) is 2.41. The lowest BCUT2D eigenvalue weighted by atomic mass is 9.98. The molecule has 0 fully saturated rings. The summed E-state index contributed by atoms with van der Waals surface area (Å²) in [7, 11) is 1.70. The highest BCUT2D eigenvalue weighted by molar-refractivity contribution is 5.86. The van der Waals surface area contributed by atoms with Crippen molar-refractivity contribution < 1.29 is 4.74 Å². The SMILES string of the molecule is CCCc1ncc2cc(OC)ccc2c1CCC. The summed E-state index contributed by atoms with van der Waals surface area (Å²) in [5, 5.41) is 2.51. The summed E-state index contributed by atoms with van der Waals surface area (Å²) < 4.78 is 5.27. The molecule has 0 amide bonds. The molecule has 18 heavy (non-hydrogen) atoms. The first-order valence-electron chi connectivity index (χ1n) is 6.74. The van der Waals surface area contributed by atoms with Gasteiger partial charge < -0.3 is 4.74 Å². The predicted molar refractivity (Wildman–Crippen MR) is 76.3 cm³/mol. The fourth-order valence-electron chi connectivity index (χ4n) is 2.41. The average Bonchev–Trinajstić information content (AvgIpc) is 2.41. The van der Waals surface area contributed by atoms with Gasteiger partial charge >= 0.3 is 0 Å². The smallest absolute Gasteiger partial charge is 0.119 e. The van der Waals surface area contributed by atoms with Crippen LogP contribution in [0.25, 0.3) is 10.8 Å². The molecule has 0 saturated carbocycles. The lowest BCUT2D eigenvalue weighted by Crippen LogP contribution is -1.99. The maximum atomic E-state index is 5.27. The van der Waals surface area contributed by atoms with E-state index in [0.29, 0.717) is 0 Å². The quantitative estimate of drug-likeness (QED) is 0.787. The van der Waals surface area contributed by atoms with Crippen molar-refractivity contribution in [3.05, 3.63) is 35.7 Å². The molecule has 0 aliphatic rings. The van der Waals surface area contributed by atoms with Crippen LogP contribution in [0.2, 0.25) is 0 Å². The number of ether oxygens (including phenoxy) is 1. The topological polar surface area (TPSA) is 22.1 Å². The molecule has 2 aromatic rings. The highest BCUT2D eigenvalue weighted by Gasteiger charge is 2.08. The molecule has 2 nitrogen and oxygen atoms in total. The van der Waals surface area contributed by atoms with Crippen molar-refractivity contribution in [1.82, 2.24) is 4.98 Å². The highest BCUT2D eigenvalue weighted by atomic mass is 16.5. The van der Waals surface area contributed by atoms with Gasteiger partial charge in [0.15, 0.2) is 0 Å². The number of hydrogen-bond donors (Lipinski definition) is 0. The summed E-state index contributed by atoms with van der Waals surface area (Å²) in [4.78, 5) is 4.64. The number of aromatic nitrogens is 1. The van der Waals surface area contributed by atoms with E-state index in [2.05, 4.69) is 31.0 Å². The lowest BCUT2D eigenvalue weighted by Gasteiger charge is -2.12. The van der Waals surface area contributed by atoms with Crippen LogP contribution >= 0.6 is 0 Å². The van der Waals surface area contributed by atoms with Crippen LogP contribution in [0.1, 0.15) is 37.9 Å². The molecule has 1 aromatic heterocycles. The van der Waals surface area contributed by atoms with E-state index in [4.69, 9.17) is 4.74 Å². The van der Waals surface area contributed by atoms with Crippen LogP contribution < -0.4 is 4.74 Å². The maximum absolute atomic E-state index is 5.27. The minimum atomic E-state index is 0.898. The molecule has 0 aliphatic carbocycles. The molecule has 0 saturated heterocycles. The Morgan fingerprint density at radius 1 is 1.11 bits per heavy atom. The highest BCUT2D eigenvalue weighted by Crippen LogP contribution is 2.26. The van der Waals surface area contributed by atoms with E-state index in [1.807, 2.05) is 12.3 Å². The van der Waals surface area contributed by atoms with Gasteiger partial charge in [-0.1, -0.05) is 32.8 Å². The van der Waals surface area contributed by atoms with E-state index in [1.165, 1.54) is 22.0 Å². The summed E-state index contributed by atoms with van der Waals surface area (Å²) in [5.74, 6) is 0.898. The van der Waals surface area contributed by atoms with Gasteiger partial charge in [0.25, 0.3) is 0 Å². The van der Waals surface area contributed by atoms with Crippen LogP contribution in [0.15, 0.2) is 24.4 Å². The van der Waals surface area contributed by atoms with E-state index in [1.54, 1.807) is 7.11 Å². The summed E-state index contributed by atoms with van der Waals surface area (Å²) >= 11 is 0. The molecule has 0 bridgehead atoms. The van der Waals surface area contributed by atoms with Crippen molar-refractivity contribution in [3.8, 4) is 5.75 Å². The van der Waals surface area contributed by atoms with E-state index in [9.17, 15) is 0 Å². The zero-order valence-corrected chi connectivity index (χ0v) is 11.5. The van der Waals surface area contributed by atoms with Gasteiger partial charge in [-0.2, -0.15) is 0 Å². The Balaban J connectivity index is 2.58. The Morgan fingerprint density at radius 2 is 1.89 bits per heavy atom. The monoisotopic (exact) mass is 243 g/mol. The summed E-state index contributed by atoms with van der Waals surface area (Å²) in [5.41, 5.74) is 2.68. The van der Waals surface area contributed by atoms with Crippen molar-refractivity contribution in [2.75, 3.05) is 7.11 Å².